The van der Waals surface area contributed by atoms with Crippen molar-refractivity contribution in [3.05, 3.63) is 35.2 Å². The second-order valence-electron chi connectivity index (χ2n) is 8.82. The van der Waals surface area contributed by atoms with Gasteiger partial charge in [0.1, 0.15) is 12.5 Å². The van der Waals surface area contributed by atoms with Crippen molar-refractivity contribution >= 4 is 38.8 Å². The average molecular weight is 493 g/mol. The normalized spacial score (nSPS) is 16.1. The zero-order valence-electron chi connectivity index (χ0n) is 19.0. The third kappa shape index (κ3) is 5.30. The predicted molar refractivity (Wildman–Crippen MR) is 128 cm³/mol. The zero-order valence-corrected chi connectivity index (χ0v) is 20.6. The molecule has 11 heteroatoms. The number of nitrogens with one attached hydrogen (secondary N) is 1. The lowest BCUT2D eigenvalue weighted by molar-refractivity contribution is 0.343. The molecule has 0 spiro atoms. The summed E-state index contributed by atoms with van der Waals surface area (Å²) >= 11 is 1.41. The van der Waals surface area contributed by atoms with Crippen LogP contribution in [0, 0.1) is 12.8 Å². The van der Waals surface area contributed by atoms with Crippen LogP contribution in [0.1, 0.15) is 49.6 Å². The van der Waals surface area contributed by atoms with Gasteiger partial charge in [-0.05, 0) is 54.9 Å². The number of nitrogens with zero attached hydrogens (tertiary/aromatic N) is 4. The van der Waals surface area contributed by atoms with Gasteiger partial charge in [-0.1, -0.05) is 31.7 Å². The molecule has 2 heterocycles. The molecule has 0 saturated heterocycles. The van der Waals surface area contributed by atoms with E-state index in [1.807, 2.05) is 37.5 Å². The molecule has 1 aliphatic rings. The summed E-state index contributed by atoms with van der Waals surface area (Å²) in [6, 6.07) is 3.96. The number of fused-ring (bicyclic) bond motifs is 2. The molecule has 3 aromatic rings. The number of alkyl halides is 1. The van der Waals surface area contributed by atoms with Crippen molar-refractivity contribution in [3.63, 3.8) is 0 Å². The molecule has 33 heavy (non-hydrogen) atoms. The molecule has 0 aliphatic heterocycles. The van der Waals surface area contributed by atoms with Crippen LogP contribution in [0.15, 0.2) is 28.5 Å². The smallest absolute Gasteiger partial charge is 0.211 e. The number of aryl methyl sites for hydroxylation is 3. The van der Waals surface area contributed by atoms with Gasteiger partial charge in [-0.15, -0.1) is 0 Å². The number of hydrogen-bond acceptors (Lipinski definition) is 7. The van der Waals surface area contributed by atoms with Crippen LogP contribution in [-0.4, -0.2) is 40.2 Å². The molecule has 2 aromatic heterocycles. The molecule has 3 N–H and O–H groups in total. The molecular formula is C22H29FN6O2S2. The molecule has 1 aliphatic carbocycles. The first-order valence-electron chi connectivity index (χ1n) is 11.0. The second kappa shape index (κ2) is 9.55. The molecule has 4 rings (SSSR count). The fourth-order valence-corrected chi connectivity index (χ4v) is 6.18. The molecule has 0 fully saturated rings. The van der Waals surface area contributed by atoms with Gasteiger partial charge in [-0.25, -0.2) is 32.5 Å². The molecule has 0 saturated carbocycles. The fourth-order valence-electron chi connectivity index (χ4n) is 3.91. The minimum atomic E-state index is -3.37. The van der Waals surface area contributed by atoms with E-state index in [0.717, 1.165) is 28.0 Å². The van der Waals surface area contributed by atoms with Crippen molar-refractivity contribution < 1.29 is 12.8 Å². The summed E-state index contributed by atoms with van der Waals surface area (Å²) < 4.78 is 43.5. The quantitative estimate of drug-likeness (QED) is 0.467. The highest BCUT2D eigenvalue weighted by Gasteiger charge is 2.24. The van der Waals surface area contributed by atoms with Crippen molar-refractivity contribution in [1.82, 2.24) is 24.2 Å². The van der Waals surface area contributed by atoms with Crippen LogP contribution in [0.5, 0.6) is 0 Å². The number of halogens is 1. The number of benzene rings is 1. The van der Waals surface area contributed by atoms with Crippen molar-refractivity contribution in [2.75, 3.05) is 18.0 Å². The van der Waals surface area contributed by atoms with Crippen molar-refractivity contribution in [1.29, 1.82) is 0 Å². The van der Waals surface area contributed by atoms with E-state index < -0.39 is 16.2 Å². The number of aromatic nitrogens is 4. The maximum Gasteiger partial charge on any atom is 0.211 e. The van der Waals surface area contributed by atoms with Gasteiger partial charge in [0.25, 0.3) is 0 Å². The van der Waals surface area contributed by atoms with E-state index in [2.05, 4.69) is 19.7 Å². The van der Waals surface area contributed by atoms with E-state index in [1.165, 1.54) is 18.1 Å². The van der Waals surface area contributed by atoms with E-state index in [0.29, 0.717) is 42.3 Å². The number of nitrogen functional groups attached to an aromatic ring is 1. The topological polar surface area (TPSA) is 116 Å². The van der Waals surface area contributed by atoms with Crippen LogP contribution in [0.2, 0.25) is 0 Å². The first-order chi connectivity index (χ1) is 15.6. The molecule has 0 amide bonds. The minimum Gasteiger partial charge on any atom is -0.382 e. The van der Waals surface area contributed by atoms with E-state index in [1.54, 1.807) is 0 Å². The SMILES string of the molecule is Cc1cc2c(cc1Sc1nc3c(N)ncnc3n1CCCS(=O)(=O)NCC(C)C)C(F)CC2. The molecule has 1 aromatic carbocycles. The lowest BCUT2D eigenvalue weighted by Crippen LogP contribution is -2.30. The number of nitrogens with two attached hydrogens (primary N) is 1. The van der Waals surface area contributed by atoms with Gasteiger partial charge in [-0.2, -0.15) is 0 Å². The number of anilines is 1. The Morgan fingerprint density at radius 3 is 2.88 bits per heavy atom. The number of hydrogen-bond donors (Lipinski definition) is 2. The Morgan fingerprint density at radius 2 is 2.12 bits per heavy atom. The van der Waals surface area contributed by atoms with Crippen molar-refractivity contribution in [2.45, 2.75) is 62.8 Å². The summed E-state index contributed by atoms with van der Waals surface area (Å²) in [6.45, 7) is 6.73. The van der Waals surface area contributed by atoms with E-state index in [4.69, 9.17) is 5.73 Å². The Bertz CT molecular complexity index is 1280. The number of sulfonamides is 1. The molecule has 8 nitrogen and oxygen atoms in total. The second-order valence-corrected chi connectivity index (χ2v) is 11.8. The van der Waals surface area contributed by atoms with Gasteiger partial charge in [0.15, 0.2) is 22.1 Å². The van der Waals surface area contributed by atoms with Gasteiger partial charge in [-0.3, -0.25) is 0 Å². The van der Waals surface area contributed by atoms with Crippen LogP contribution in [0.25, 0.3) is 11.2 Å². The standard InChI is InChI=1S/C22H29FN6O2S2/c1-13(2)11-27-33(30,31)8-4-7-29-21-19(20(24)25-12-26-21)28-22(29)32-18-10-16-15(9-14(18)3)5-6-17(16)23/h9-10,12-13,17,27H,4-8,11H2,1-3H3,(H2,24,25,26). The van der Waals surface area contributed by atoms with Gasteiger partial charge in [0.2, 0.25) is 10.0 Å². The van der Waals surface area contributed by atoms with Gasteiger partial charge in [0.05, 0.1) is 5.75 Å². The fraction of sp³-hybridized carbons (Fsp3) is 0.500. The minimum absolute atomic E-state index is 0.00846. The van der Waals surface area contributed by atoms with E-state index >= 15 is 0 Å². The summed E-state index contributed by atoms with van der Waals surface area (Å²) in [5.74, 6) is 0.492. The summed E-state index contributed by atoms with van der Waals surface area (Å²) in [5.41, 5.74) is 9.91. The Balaban J connectivity index is 1.61. The summed E-state index contributed by atoms with van der Waals surface area (Å²) in [7, 11) is -3.37. The Labute approximate surface area is 197 Å². The number of rotatable bonds is 9. The maximum absolute atomic E-state index is 14.3. The first-order valence-corrected chi connectivity index (χ1v) is 13.5. The first kappa shape index (κ1) is 23.9. The summed E-state index contributed by atoms with van der Waals surface area (Å²) in [4.78, 5) is 13.9. The van der Waals surface area contributed by atoms with Gasteiger partial charge >= 0.3 is 0 Å². The Hall–Kier alpha value is -2.24. The number of imidazole rings is 1. The summed E-state index contributed by atoms with van der Waals surface area (Å²) in [5, 5.41) is 0.626. The highest BCUT2D eigenvalue weighted by Crippen LogP contribution is 2.40. The lowest BCUT2D eigenvalue weighted by Gasteiger charge is -2.12. The maximum atomic E-state index is 14.3. The van der Waals surface area contributed by atoms with Crippen LogP contribution >= 0.6 is 11.8 Å². The highest BCUT2D eigenvalue weighted by atomic mass is 32.2. The molecule has 1 unspecified atom stereocenters. The third-order valence-electron chi connectivity index (χ3n) is 5.67. The van der Waals surface area contributed by atoms with Crippen molar-refractivity contribution in [2.24, 2.45) is 5.92 Å². The molecule has 1 atom stereocenters. The summed E-state index contributed by atoms with van der Waals surface area (Å²) in [6.07, 6.45) is 2.09. The molecule has 0 radical (unpaired) electrons. The van der Waals surface area contributed by atoms with Crippen LogP contribution < -0.4 is 10.5 Å². The average Bonchev–Trinajstić information content (AvgIpc) is 3.28. The van der Waals surface area contributed by atoms with Crippen LogP contribution in [0.4, 0.5) is 10.2 Å². The van der Waals surface area contributed by atoms with E-state index in [9.17, 15) is 12.8 Å². The largest absolute Gasteiger partial charge is 0.382 e. The third-order valence-corrected chi connectivity index (χ3v) is 8.26. The molecule has 0 bridgehead atoms. The monoisotopic (exact) mass is 492 g/mol. The lowest BCUT2D eigenvalue weighted by atomic mass is 10.1. The van der Waals surface area contributed by atoms with E-state index in [-0.39, 0.29) is 17.5 Å². The zero-order chi connectivity index (χ0) is 23.8. The van der Waals surface area contributed by atoms with Crippen LogP contribution in [-0.2, 0) is 23.0 Å². The van der Waals surface area contributed by atoms with Gasteiger partial charge in [0, 0.05) is 18.0 Å². The van der Waals surface area contributed by atoms with Crippen LogP contribution in [0.3, 0.4) is 0 Å². The molecular weight excluding hydrogens is 463 g/mol. The molecule has 178 valence electrons. The highest BCUT2D eigenvalue weighted by molar-refractivity contribution is 7.99. The Kier molecular flexibility index (Phi) is 6.92. The van der Waals surface area contributed by atoms with Crippen molar-refractivity contribution in [3.8, 4) is 0 Å². The van der Waals surface area contributed by atoms with Gasteiger partial charge < -0.3 is 10.3 Å². The predicted octanol–water partition coefficient (Wildman–Crippen LogP) is 3.79. The Morgan fingerprint density at radius 1 is 1.33 bits per heavy atom.